The van der Waals surface area contributed by atoms with Crippen LogP contribution < -0.4 is 10.5 Å². The van der Waals surface area contributed by atoms with Crippen LogP contribution in [0, 0.1) is 0 Å². The fourth-order valence-corrected chi connectivity index (χ4v) is 1.69. The smallest absolute Gasteiger partial charge is 0.269 e. The molecular formula is C8H14N4O3S. The first-order valence-electron chi connectivity index (χ1n) is 4.65. The third-order valence-electron chi connectivity index (χ3n) is 1.94. The van der Waals surface area contributed by atoms with E-state index in [0.29, 0.717) is 12.1 Å². The lowest BCUT2D eigenvalue weighted by Gasteiger charge is -2.04. The zero-order valence-electron chi connectivity index (χ0n) is 8.88. The molecule has 0 unspecified atom stereocenters. The molecule has 7 nitrogen and oxygen atoms in total. The lowest BCUT2D eigenvalue weighted by molar-refractivity contribution is 0.0945. The quantitative estimate of drug-likeness (QED) is 0.638. The molecule has 0 atom stereocenters. The predicted octanol–water partition coefficient (Wildman–Crippen LogP) is -1.17. The number of nitrogens with two attached hydrogens (primary N) is 1. The zero-order chi connectivity index (χ0) is 12.2. The Labute approximate surface area is 93.7 Å². The average molecular weight is 246 g/mol. The highest BCUT2D eigenvalue weighted by atomic mass is 32.2. The van der Waals surface area contributed by atoms with Crippen molar-refractivity contribution in [2.45, 2.75) is 6.42 Å². The standard InChI is InChI=1S/C8H14N4O3S/c1-12-6-10-5-7(12)8(13)11-3-2-4-16(9,14)15/h5-6H,2-4H2,1H3,(H,11,13)(H2,9,14,15). The van der Waals surface area contributed by atoms with Crippen molar-refractivity contribution in [3.63, 3.8) is 0 Å². The number of nitrogens with zero attached hydrogens (tertiary/aromatic N) is 2. The maximum atomic E-state index is 11.5. The summed E-state index contributed by atoms with van der Waals surface area (Å²) in [7, 11) is -1.75. The van der Waals surface area contributed by atoms with Gasteiger partial charge in [0.2, 0.25) is 10.0 Å². The number of amides is 1. The van der Waals surface area contributed by atoms with Crippen molar-refractivity contribution in [2.75, 3.05) is 12.3 Å². The number of aryl methyl sites for hydroxylation is 1. The zero-order valence-corrected chi connectivity index (χ0v) is 9.70. The van der Waals surface area contributed by atoms with Gasteiger partial charge in [-0.2, -0.15) is 0 Å². The van der Waals surface area contributed by atoms with Gasteiger partial charge in [-0.05, 0) is 6.42 Å². The molecule has 1 aromatic heterocycles. The van der Waals surface area contributed by atoms with E-state index in [1.54, 1.807) is 11.6 Å². The van der Waals surface area contributed by atoms with Gasteiger partial charge < -0.3 is 9.88 Å². The number of sulfonamides is 1. The van der Waals surface area contributed by atoms with Gasteiger partial charge in [-0.25, -0.2) is 18.5 Å². The van der Waals surface area contributed by atoms with Gasteiger partial charge in [0.25, 0.3) is 5.91 Å². The first-order valence-corrected chi connectivity index (χ1v) is 6.36. The number of carbonyl (C=O) groups is 1. The van der Waals surface area contributed by atoms with E-state index in [1.165, 1.54) is 12.5 Å². The number of nitrogens with one attached hydrogen (secondary N) is 1. The van der Waals surface area contributed by atoms with Crippen molar-refractivity contribution < 1.29 is 13.2 Å². The Kier molecular flexibility index (Phi) is 4.02. The Bertz CT molecular complexity index is 465. The van der Waals surface area contributed by atoms with E-state index < -0.39 is 10.0 Å². The number of aromatic nitrogens is 2. The largest absolute Gasteiger partial charge is 0.351 e. The van der Waals surface area contributed by atoms with Gasteiger partial charge in [-0.1, -0.05) is 0 Å². The molecule has 1 rings (SSSR count). The fourth-order valence-electron chi connectivity index (χ4n) is 1.14. The molecule has 0 aliphatic carbocycles. The minimum Gasteiger partial charge on any atom is -0.351 e. The van der Waals surface area contributed by atoms with Crippen LogP contribution in [0.1, 0.15) is 16.9 Å². The van der Waals surface area contributed by atoms with Crippen molar-refractivity contribution in [3.05, 3.63) is 18.2 Å². The van der Waals surface area contributed by atoms with E-state index in [9.17, 15) is 13.2 Å². The maximum absolute atomic E-state index is 11.5. The SMILES string of the molecule is Cn1cncc1C(=O)NCCCS(N)(=O)=O. The second-order valence-electron chi connectivity index (χ2n) is 3.37. The Morgan fingerprint density at radius 3 is 2.81 bits per heavy atom. The van der Waals surface area contributed by atoms with E-state index in [1.807, 2.05) is 0 Å². The van der Waals surface area contributed by atoms with Gasteiger partial charge in [-0.15, -0.1) is 0 Å². The highest BCUT2D eigenvalue weighted by Gasteiger charge is 2.09. The van der Waals surface area contributed by atoms with Gasteiger partial charge in [0, 0.05) is 13.6 Å². The van der Waals surface area contributed by atoms with Crippen LogP contribution in [0.15, 0.2) is 12.5 Å². The molecule has 3 N–H and O–H groups in total. The number of hydrogen-bond donors (Lipinski definition) is 2. The Morgan fingerprint density at radius 2 is 2.31 bits per heavy atom. The number of primary sulfonamides is 1. The monoisotopic (exact) mass is 246 g/mol. The Morgan fingerprint density at radius 1 is 1.62 bits per heavy atom. The summed E-state index contributed by atoms with van der Waals surface area (Å²) in [6.45, 7) is 0.264. The lowest BCUT2D eigenvalue weighted by atomic mass is 10.4. The van der Waals surface area contributed by atoms with Crippen molar-refractivity contribution in [1.29, 1.82) is 0 Å². The molecule has 1 amide bonds. The summed E-state index contributed by atoms with van der Waals surface area (Å²) in [5.74, 6) is -0.423. The summed E-state index contributed by atoms with van der Waals surface area (Å²) in [5, 5.41) is 7.40. The highest BCUT2D eigenvalue weighted by Crippen LogP contribution is 1.95. The minimum atomic E-state index is -3.45. The van der Waals surface area contributed by atoms with Crippen molar-refractivity contribution in [1.82, 2.24) is 14.9 Å². The molecule has 0 aliphatic heterocycles. The maximum Gasteiger partial charge on any atom is 0.269 e. The molecule has 0 fully saturated rings. The van der Waals surface area contributed by atoms with Crippen LogP contribution in [0.5, 0.6) is 0 Å². The van der Waals surface area contributed by atoms with Gasteiger partial charge in [0.05, 0.1) is 18.3 Å². The molecule has 0 saturated heterocycles. The molecule has 0 radical (unpaired) electrons. The molecule has 0 aromatic carbocycles. The summed E-state index contributed by atoms with van der Waals surface area (Å²) in [5.41, 5.74) is 0.426. The summed E-state index contributed by atoms with van der Waals surface area (Å²) in [6.07, 6.45) is 3.25. The van der Waals surface area contributed by atoms with Crippen LogP contribution in [0.4, 0.5) is 0 Å². The second kappa shape index (κ2) is 5.08. The van der Waals surface area contributed by atoms with Gasteiger partial charge in [0.1, 0.15) is 5.69 Å². The van der Waals surface area contributed by atoms with E-state index in [2.05, 4.69) is 10.3 Å². The van der Waals surface area contributed by atoms with Crippen LogP contribution in [-0.4, -0.2) is 36.2 Å². The summed E-state index contributed by atoms with van der Waals surface area (Å²) < 4.78 is 22.8. The number of carbonyl (C=O) groups excluding carboxylic acids is 1. The normalized spacial score (nSPS) is 11.4. The van der Waals surface area contributed by atoms with E-state index in [-0.39, 0.29) is 18.2 Å². The molecular weight excluding hydrogens is 232 g/mol. The highest BCUT2D eigenvalue weighted by molar-refractivity contribution is 7.89. The van der Waals surface area contributed by atoms with Gasteiger partial charge in [0.15, 0.2) is 0 Å². The number of rotatable bonds is 5. The van der Waals surface area contributed by atoms with Crippen molar-refractivity contribution in [3.8, 4) is 0 Å². The van der Waals surface area contributed by atoms with Gasteiger partial charge in [-0.3, -0.25) is 4.79 Å². The summed E-state index contributed by atoms with van der Waals surface area (Å²) >= 11 is 0. The van der Waals surface area contributed by atoms with Crippen LogP contribution in [0.2, 0.25) is 0 Å². The molecule has 0 bridgehead atoms. The van der Waals surface area contributed by atoms with Crippen LogP contribution >= 0.6 is 0 Å². The van der Waals surface area contributed by atoms with E-state index in [0.717, 1.165) is 0 Å². The average Bonchev–Trinajstić information content (AvgIpc) is 2.57. The molecule has 1 aromatic rings. The van der Waals surface area contributed by atoms with E-state index >= 15 is 0 Å². The number of imidazole rings is 1. The molecule has 0 saturated carbocycles. The van der Waals surface area contributed by atoms with Crippen LogP contribution in [0.25, 0.3) is 0 Å². The fraction of sp³-hybridized carbons (Fsp3) is 0.500. The second-order valence-corrected chi connectivity index (χ2v) is 5.10. The third kappa shape index (κ3) is 3.99. The molecule has 8 heteroatoms. The Balaban J connectivity index is 2.35. The molecule has 0 aliphatic rings. The Hall–Kier alpha value is -1.41. The topological polar surface area (TPSA) is 107 Å². The summed E-state index contributed by atoms with van der Waals surface area (Å²) in [4.78, 5) is 15.3. The van der Waals surface area contributed by atoms with Crippen molar-refractivity contribution in [2.24, 2.45) is 12.2 Å². The van der Waals surface area contributed by atoms with Crippen LogP contribution in [-0.2, 0) is 17.1 Å². The molecule has 90 valence electrons. The molecule has 16 heavy (non-hydrogen) atoms. The van der Waals surface area contributed by atoms with Gasteiger partial charge >= 0.3 is 0 Å². The predicted molar refractivity (Wildman–Crippen MR) is 58.1 cm³/mol. The third-order valence-corrected chi connectivity index (χ3v) is 2.80. The number of hydrogen-bond acceptors (Lipinski definition) is 4. The lowest BCUT2D eigenvalue weighted by Crippen LogP contribution is -2.28. The first kappa shape index (κ1) is 12.7. The minimum absolute atomic E-state index is 0.140. The van der Waals surface area contributed by atoms with E-state index in [4.69, 9.17) is 5.14 Å². The molecule has 1 heterocycles. The summed E-state index contributed by atoms with van der Waals surface area (Å²) in [6, 6.07) is 0. The molecule has 0 spiro atoms. The van der Waals surface area contributed by atoms with Crippen molar-refractivity contribution >= 4 is 15.9 Å². The first-order chi connectivity index (χ1) is 7.40. The van der Waals surface area contributed by atoms with Crippen LogP contribution in [0.3, 0.4) is 0 Å².